The van der Waals surface area contributed by atoms with Gasteiger partial charge in [0.25, 0.3) is 0 Å². The zero-order valence-electron chi connectivity index (χ0n) is 14.3. The maximum absolute atomic E-state index is 12.3. The molecule has 0 aliphatic rings. The second-order valence-corrected chi connectivity index (χ2v) is 5.64. The Balaban J connectivity index is 2.00. The first kappa shape index (κ1) is 17.8. The molecule has 0 bridgehead atoms. The van der Waals surface area contributed by atoms with E-state index in [2.05, 4.69) is 5.32 Å². The Morgan fingerprint density at radius 1 is 1.08 bits per heavy atom. The quantitative estimate of drug-likeness (QED) is 0.819. The number of methoxy groups -OCH3 is 2. The van der Waals surface area contributed by atoms with Crippen molar-refractivity contribution in [3.05, 3.63) is 59.7 Å². The molecular weight excluding hydrogens is 304 g/mol. The largest absolute Gasteiger partial charge is 0.493 e. The Kier molecular flexibility index (Phi) is 6.21. The molecule has 2 unspecified atom stereocenters. The number of amides is 1. The second-order valence-electron chi connectivity index (χ2n) is 5.64. The smallest absolute Gasteiger partial charge is 0.237 e. The van der Waals surface area contributed by atoms with Crippen molar-refractivity contribution >= 4 is 5.91 Å². The van der Waals surface area contributed by atoms with E-state index in [0.29, 0.717) is 17.9 Å². The van der Waals surface area contributed by atoms with E-state index in [9.17, 15) is 4.79 Å². The summed E-state index contributed by atoms with van der Waals surface area (Å²) in [5.74, 6) is 1.10. The molecule has 0 heterocycles. The topological polar surface area (TPSA) is 73.6 Å². The molecule has 2 aromatic carbocycles. The summed E-state index contributed by atoms with van der Waals surface area (Å²) in [7, 11) is 3.17. The molecule has 128 valence electrons. The van der Waals surface area contributed by atoms with E-state index in [-0.39, 0.29) is 11.9 Å². The predicted octanol–water partition coefficient (Wildman–Crippen LogP) is 2.45. The van der Waals surface area contributed by atoms with Crippen LogP contribution in [0.5, 0.6) is 11.5 Å². The lowest BCUT2D eigenvalue weighted by atomic mass is 10.0. The normalized spacial score (nSPS) is 13.0. The van der Waals surface area contributed by atoms with Crippen LogP contribution in [0.15, 0.2) is 48.5 Å². The van der Waals surface area contributed by atoms with Crippen LogP contribution in [-0.4, -0.2) is 26.2 Å². The molecule has 5 nitrogen and oxygen atoms in total. The molecule has 2 atom stereocenters. The van der Waals surface area contributed by atoms with Gasteiger partial charge >= 0.3 is 0 Å². The summed E-state index contributed by atoms with van der Waals surface area (Å²) in [5.41, 5.74) is 7.99. The van der Waals surface area contributed by atoms with Crippen LogP contribution >= 0.6 is 0 Å². The summed E-state index contributed by atoms with van der Waals surface area (Å²) in [6.45, 7) is 1.91. The van der Waals surface area contributed by atoms with Gasteiger partial charge in [0.15, 0.2) is 11.5 Å². The zero-order valence-corrected chi connectivity index (χ0v) is 14.3. The molecule has 5 heteroatoms. The average molecular weight is 328 g/mol. The Morgan fingerprint density at radius 2 is 1.75 bits per heavy atom. The van der Waals surface area contributed by atoms with Crippen molar-refractivity contribution in [2.24, 2.45) is 5.73 Å². The molecule has 0 saturated carbocycles. The molecule has 0 aliphatic carbocycles. The number of nitrogens with one attached hydrogen (secondary N) is 1. The lowest BCUT2D eigenvalue weighted by Gasteiger charge is -2.19. The molecule has 2 rings (SSSR count). The fourth-order valence-corrected chi connectivity index (χ4v) is 2.49. The molecule has 0 radical (unpaired) electrons. The summed E-state index contributed by atoms with van der Waals surface area (Å²) >= 11 is 0. The molecular formula is C19H24N2O3. The predicted molar refractivity (Wildman–Crippen MR) is 94.2 cm³/mol. The van der Waals surface area contributed by atoms with Crippen LogP contribution in [0.2, 0.25) is 0 Å². The lowest BCUT2D eigenvalue weighted by Crippen LogP contribution is -2.42. The van der Waals surface area contributed by atoms with Crippen LogP contribution in [0.1, 0.15) is 24.1 Å². The van der Waals surface area contributed by atoms with Crippen molar-refractivity contribution in [3.63, 3.8) is 0 Å². The van der Waals surface area contributed by atoms with Gasteiger partial charge in [-0.1, -0.05) is 36.4 Å². The van der Waals surface area contributed by atoms with Gasteiger partial charge in [-0.15, -0.1) is 0 Å². The second kappa shape index (κ2) is 8.36. The van der Waals surface area contributed by atoms with E-state index in [1.807, 2.05) is 55.5 Å². The minimum Gasteiger partial charge on any atom is -0.493 e. The Labute approximate surface area is 142 Å². The van der Waals surface area contributed by atoms with Crippen molar-refractivity contribution in [3.8, 4) is 11.5 Å². The fraction of sp³-hybridized carbons (Fsp3) is 0.316. The van der Waals surface area contributed by atoms with E-state index >= 15 is 0 Å². The van der Waals surface area contributed by atoms with Crippen molar-refractivity contribution in [1.82, 2.24) is 5.32 Å². The maximum atomic E-state index is 12.3. The molecule has 24 heavy (non-hydrogen) atoms. The Bertz CT molecular complexity index is 674. The van der Waals surface area contributed by atoms with E-state index < -0.39 is 6.04 Å². The van der Waals surface area contributed by atoms with Gasteiger partial charge in [-0.3, -0.25) is 4.79 Å². The summed E-state index contributed by atoms with van der Waals surface area (Å²) in [6.07, 6.45) is 0.505. The van der Waals surface area contributed by atoms with Crippen molar-refractivity contribution in [2.45, 2.75) is 25.4 Å². The first-order chi connectivity index (χ1) is 11.5. The van der Waals surface area contributed by atoms with Crippen molar-refractivity contribution in [1.29, 1.82) is 0 Å². The third-order valence-corrected chi connectivity index (χ3v) is 3.90. The molecule has 0 saturated heterocycles. The molecule has 0 aliphatic heterocycles. The summed E-state index contributed by atoms with van der Waals surface area (Å²) in [5, 5.41) is 2.94. The number of carbonyl (C=O) groups is 1. The highest BCUT2D eigenvalue weighted by Gasteiger charge is 2.18. The number of hydrogen-bond donors (Lipinski definition) is 2. The highest BCUT2D eigenvalue weighted by atomic mass is 16.5. The third-order valence-electron chi connectivity index (χ3n) is 3.90. The maximum Gasteiger partial charge on any atom is 0.237 e. The van der Waals surface area contributed by atoms with Crippen LogP contribution in [-0.2, 0) is 11.2 Å². The number of benzene rings is 2. The highest BCUT2D eigenvalue weighted by Crippen LogP contribution is 2.29. The van der Waals surface area contributed by atoms with Crippen LogP contribution in [0.3, 0.4) is 0 Å². The molecule has 2 aromatic rings. The van der Waals surface area contributed by atoms with E-state index in [1.165, 1.54) is 0 Å². The van der Waals surface area contributed by atoms with Gasteiger partial charge in [0.1, 0.15) is 0 Å². The standard InChI is InChI=1S/C19H24N2O3/c1-13(15-9-10-17(23-2)18(12-15)24-3)21-19(22)16(20)11-14-7-5-4-6-8-14/h4-10,12-13,16H,11,20H2,1-3H3,(H,21,22). The monoisotopic (exact) mass is 328 g/mol. The van der Waals surface area contributed by atoms with Gasteiger partial charge < -0.3 is 20.5 Å². The molecule has 0 fully saturated rings. The Hall–Kier alpha value is -2.53. The van der Waals surface area contributed by atoms with E-state index in [4.69, 9.17) is 15.2 Å². The van der Waals surface area contributed by atoms with Gasteiger partial charge in [-0.05, 0) is 36.6 Å². The SMILES string of the molecule is COc1ccc(C(C)NC(=O)C(N)Cc2ccccc2)cc1OC. The minimum atomic E-state index is -0.588. The number of nitrogens with two attached hydrogens (primary N) is 1. The van der Waals surface area contributed by atoms with E-state index in [1.54, 1.807) is 14.2 Å². The van der Waals surface area contributed by atoms with Gasteiger partial charge in [-0.2, -0.15) is 0 Å². The number of rotatable bonds is 7. The summed E-state index contributed by atoms with van der Waals surface area (Å²) in [6, 6.07) is 14.5. The van der Waals surface area contributed by atoms with Gasteiger partial charge in [-0.25, -0.2) is 0 Å². The van der Waals surface area contributed by atoms with Crippen molar-refractivity contribution in [2.75, 3.05) is 14.2 Å². The minimum absolute atomic E-state index is 0.180. The first-order valence-corrected chi connectivity index (χ1v) is 7.87. The molecule has 1 amide bonds. The number of carbonyl (C=O) groups excluding carboxylic acids is 1. The van der Waals surface area contributed by atoms with Gasteiger partial charge in [0.2, 0.25) is 5.91 Å². The molecule has 0 aromatic heterocycles. The first-order valence-electron chi connectivity index (χ1n) is 7.87. The number of ether oxygens (including phenoxy) is 2. The Morgan fingerprint density at radius 3 is 2.38 bits per heavy atom. The molecule has 0 spiro atoms. The summed E-state index contributed by atoms with van der Waals surface area (Å²) < 4.78 is 10.5. The number of hydrogen-bond acceptors (Lipinski definition) is 4. The third kappa shape index (κ3) is 4.49. The van der Waals surface area contributed by atoms with Crippen LogP contribution in [0.4, 0.5) is 0 Å². The fourth-order valence-electron chi connectivity index (χ4n) is 2.49. The van der Waals surface area contributed by atoms with Crippen molar-refractivity contribution < 1.29 is 14.3 Å². The average Bonchev–Trinajstić information content (AvgIpc) is 2.61. The lowest BCUT2D eigenvalue weighted by molar-refractivity contribution is -0.123. The zero-order chi connectivity index (χ0) is 17.5. The van der Waals surface area contributed by atoms with Gasteiger partial charge in [0.05, 0.1) is 26.3 Å². The highest BCUT2D eigenvalue weighted by molar-refractivity contribution is 5.82. The van der Waals surface area contributed by atoms with Crippen LogP contribution in [0.25, 0.3) is 0 Å². The molecule has 3 N–H and O–H groups in total. The van der Waals surface area contributed by atoms with Crippen LogP contribution in [0, 0.1) is 0 Å². The summed E-state index contributed by atoms with van der Waals surface area (Å²) in [4.78, 5) is 12.3. The van der Waals surface area contributed by atoms with Gasteiger partial charge in [0, 0.05) is 0 Å². The van der Waals surface area contributed by atoms with Crippen LogP contribution < -0.4 is 20.5 Å². The van der Waals surface area contributed by atoms with E-state index in [0.717, 1.165) is 11.1 Å².